The number of H-pyrrole nitrogens is 1. The molecule has 0 spiro atoms. The Kier molecular flexibility index (Phi) is 5.44. The number of hydrogen-bond acceptors (Lipinski definition) is 3. The van der Waals surface area contributed by atoms with Crippen LogP contribution in [0.4, 0.5) is 0 Å². The number of fused-ring (bicyclic) bond motifs is 1. The van der Waals surface area contributed by atoms with Crippen molar-refractivity contribution >= 4 is 28.4 Å². The highest BCUT2D eigenvalue weighted by molar-refractivity contribution is 6.30. The first kappa shape index (κ1) is 21.2. The fourth-order valence-electron chi connectivity index (χ4n) is 7.30. The Balaban J connectivity index is 1.14. The molecule has 4 aliphatic rings. The second-order valence-electron chi connectivity index (χ2n) is 10.7. The van der Waals surface area contributed by atoms with Crippen molar-refractivity contribution in [3.8, 4) is 5.75 Å². The summed E-state index contributed by atoms with van der Waals surface area (Å²) in [7, 11) is 1.66. The Morgan fingerprint density at radius 3 is 2.55 bits per heavy atom. The molecule has 4 nitrogen and oxygen atoms in total. The molecule has 1 N–H and O–H groups in total. The zero-order chi connectivity index (χ0) is 22.5. The quantitative estimate of drug-likeness (QED) is 0.442. The fourth-order valence-corrected chi connectivity index (χ4v) is 7.50. The summed E-state index contributed by atoms with van der Waals surface area (Å²) in [6, 6.07) is 11.8. The number of nitrogens with one attached hydrogen (secondary N) is 1. The number of halogens is 1. The molecule has 33 heavy (non-hydrogen) atoms. The largest absolute Gasteiger partial charge is 0.496 e. The number of Topliss-reactive ketones (excluding diaryl/α,β-unsaturated/α-hetero) is 1. The Bertz CT molecular complexity index is 1170. The van der Waals surface area contributed by atoms with Gasteiger partial charge in [-0.05, 0) is 97.6 Å². The SMILES string of the molecule is COc1ccc(Cl)cc1Cc1nc2ccc(CC(=O)CC3C4CC5CC(C4)CC3C5)cc2[nH]1. The van der Waals surface area contributed by atoms with Crippen LogP contribution < -0.4 is 4.74 Å². The van der Waals surface area contributed by atoms with Crippen LogP contribution in [0, 0.1) is 29.6 Å². The second-order valence-corrected chi connectivity index (χ2v) is 11.1. The van der Waals surface area contributed by atoms with Crippen molar-refractivity contribution < 1.29 is 9.53 Å². The Morgan fingerprint density at radius 1 is 1.06 bits per heavy atom. The van der Waals surface area contributed by atoms with Crippen LogP contribution in [0.1, 0.15) is 55.5 Å². The van der Waals surface area contributed by atoms with Crippen molar-refractivity contribution in [1.29, 1.82) is 0 Å². The molecule has 5 heteroatoms. The van der Waals surface area contributed by atoms with Crippen molar-refractivity contribution in [1.82, 2.24) is 9.97 Å². The molecular weight excluding hydrogens is 432 g/mol. The molecule has 0 aliphatic heterocycles. The van der Waals surface area contributed by atoms with E-state index in [0.717, 1.165) is 63.8 Å². The molecule has 2 aromatic carbocycles. The van der Waals surface area contributed by atoms with Crippen LogP contribution in [-0.4, -0.2) is 22.9 Å². The van der Waals surface area contributed by atoms with Gasteiger partial charge < -0.3 is 9.72 Å². The van der Waals surface area contributed by atoms with Crippen LogP contribution >= 0.6 is 11.6 Å². The summed E-state index contributed by atoms with van der Waals surface area (Å²) in [4.78, 5) is 21.2. The van der Waals surface area contributed by atoms with E-state index < -0.39 is 0 Å². The summed E-state index contributed by atoms with van der Waals surface area (Å²) in [5.41, 5.74) is 3.97. The van der Waals surface area contributed by atoms with Gasteiger partial charge in [-0.25, -0.2) is 4.98 Å². The maximum Gasteiger partial charge on any atom is 0.137 e. The van der Waals surface area contributed by atoms with Crippen LogP contribution in [0.5, 0.6) is 5.75 Å². The number of benzene rings is 2. The highest BCUT2D eigenvalue weighted by Crippen LogP contribution is 2.57. The van der Waals surface area contributed by atoms with Crippen LogP contribution in [-0.2, 0) is 17.6 Å². The van der Waals surface area contributed by atoms with Gasteiger partial charge in [0.2, 0.25) is 0 Å². The van der Waals surface area contributed by atoms with Crippen molar-refractivity contribution in [3.05, 3.63) is 58.4 Å². The predicted octanol–water partition coefficient (Wildman–Crippen LogP) is 6.39. The van der Waals surface area contributed by atoms with Gasteiger partial charge >= 0.3 is 0 Å². The number of rotatable bonds is 7. The van der Waals surface area contributed by atoms with Crippen molar-refractivity contribution in [3.63, 3.8) is 0 Å². The molecule has 0 unspecified atom stereocenters. The second kappa shape index (κ2) is 8.47. The van der Waals surface area contributed by atoms with Gasteiger partial charge in [0, 0.05) is 29.8 Å². The number of nitrogens with zero attached hydrogens (tertiary/aromatic N) is 1. The predicted molar refractivity (Wildman–Crippen MR) is 131 cm³/mol. The number of aromatic amines is 1. The van der Waals surface area contributed by atoms with Gasteiger partial charge in [-0.2, -0.15) is 0 Å². The Morgan fingerprint density at radius 2 is 1.82 bits per heavy atom. The molecule has 0 radical (unpaired) electrons. The number of ether oxygens (including phenoxy) is 1. The molecule has 172 valence electrons. The topological polar surface area (TPSA) is 55.0 Å². The molecule has 0 atom stereocenters. The van der Waals surface area contributed by atoms with E-state index in [9.17, 15) is 4.79 Å². The number of methoxy groups -OCH3 is 1. The number of ketones is 1. The molecule has 4 saturated carbocycles. The molecule has 3 aromatic rings. The molecule has 1 aromatic heterocycles. The van der Waals surface area contributed by atoms with Crippen LogP contribution in [0.2, 0.25) is 5.02 Å². The average molecular weight is 463 g/mol. The van der Waals surface area contributed by atoms with E-state index in [2.05, 4.69) is 17.1 Å². The Labute approximate surface area is 200 Å². The van der Waals surface area contributed by atoms with Gasteiger partial charge in [-0.1, -0.05) is 17.7 Å². The number of carbonyl (C=O) groups excluding carboxylic acids is 1. The highest BCUT2D eigenvalue weighted by Gasteiger charge is 2.48. The minimum absolute atomic E-state index is 0.398. The summed E-state index contributed by atoms with van der Waals surface area (Å²) in [5.74, 6) is 6.25. The zero-order valence-electron chi connectivity index (χ0n) is 19.1. The van der Waals surface area contributed by atoms with Crippen LogP contribution in [0.15, 0.2) is 36.4 Å². The first-order chi connectivity index (χ1) is 16.0. The summed E-state index contributed by atoms with van der Waals surface area (Å²) in [6.45, 7) is 0. The van der Waals surface area contributed by atoms with E-state index in [1.165, 1.54) is 32.1 Å². The van der Waals surface area contributed by atoms with Crippen molar-refractivity contribution in [2.75, 3.05) is 7.11 Å². The summed E-state index contributed by atoms with van der Waals surface area (Å²) in [5, 5.41) is 0.682. The normalized spacial score (nSPS) is 27.9. The molecule has 7 rings (SSSR count). The van der Waals surface area contributed by atoms with E-state index in [0.29, 0.717) is 29.6 Å². The number of hydrogen-bond donors (Lipinski definition) is 1. The minimum atomic E-state index is 0.398. The van der Waals surface area contributed by atoms with E-state index in [4.69, 9.17) is 21.3 Å². The van der Waals surface area contributed by atoms with Gasteiger partial charge in [0.05, 0.1) is 18.1 Å². The number of carbonyl (C=O) groups is 1. The van der Waals surface area contributed by atoms with Gasteiger partial charge in [0.25, 0.3) is 0 Å². The zero-order valence-corrected chi connectivity index (χ0v) is 19.9. The van der Waals surface area contributed by atoms with Gasteiger partial charge in [0.1, 0.15) is 17.4 Å². The summed E-state index contributed by atoms with van der Waals surface area (Å²) < 4.78 is 5.47. The van der Waals surface area contributed by atoms with E-state index >= 15 is 0 Å². The maximum atomic E-state index is 13.0. The van der Waals surface area contributed by atoms with Crippen molar-refractivity contribution in [2.45, 2.75) is 51.4 Å². The number of aromatic nitrogens is 2. The van der Waals surface area contributed by atoms with E-state index in [-0.39, 0.29) is 0 Å². The fraction of sp³-hybridized carbons (Fsp3) is 0.500. The van der Waals surface area contributed by atoms with Gasteiger partial charge in [-0.15, -0.1) is 0 Å². The summed E-state index contributed by atoms with van der Waals surface area (Å²) in [6.07, 6.45) is 8.89. The lowest BCUT2D eigenvalue weighted by Gasteiger charge is -2.54. The molecule has 0 amide bonds. The van der Waals surface area contributed by atoms with Crippen LogP contribution in [0.3, 0.4) is 0 Å². The average Bonchev–Trinajstić information content (AvgIpc) is 3.17. The lowest BCUT2D eigenvalue weighted by molar-refractivity contribution is -0.123. The summed E-state index contributed by atoms with van der Waals surface area (Å²) >= 11 is 6.18. The molecule has 1 heterocycles. The molecular formula is C28H31ClN2O2. The molecule has 4 aliphatic carbocycles. The van der Waals surface area contributed by atoms with E-state index in [1.54, 1.807) is 7.11 Å². The first-order valence-corrected chi connectivity index (χ1v) is 12.7. The third kappa shape index (κ3) is 4.19. The smallest absolute Gasteiger partial charge is 0.137 e. The van der Waals surface area contributed by atoms with Crippen molar-refractivity contribution in [2.24, 2.45) is 29.6 Å². The third-order valence-corrected chi connectivity index (χ3v) is 8.72. The third-order valence-electron chi connectivity index (χ3n) is 8.48. The molecule has 4 fully saturated rings. The lowest BCUT2D eigenvalue weighted by atomic mass is 9.51. The highest BCUT2D eigenvalue weighted by atomic mass is 35.5. The first-order valence-electron chi connectivity index (χ1n) is 12.4. The minimum Gasteiger partial charge on any atom is -0.496 e. The Hall–Kier alpha value is -2.33. The van der Waals surface area contributed by atoms with Gasteiger partial charge in [-0.3, -0.25) is 4.79 Å². The monoisotopic (exact) mass is 462 g/mol. The maximum absolute atomic E-state index is 13.0. The van der Waals surface area contributed by atoms with Gasteiger partial charge in [0.15, 0.2) is 0 Å². The van der Waals surface area contributed by atoms with Crippen LogP contribution in [0.25, 0.3) is 11.0 Å². The van der Waals surface area contributed by atoms with E-state index in [1.807, 2.05) is 24.3 Å². The lowest BCUT2D eigenvalue weighted by Crippen LogP contribution is -2.45. The molecule has 0 saturated heterocycles. The standard InChI is InChI=1S/C28H31ClN2O2/c1-33-27-5-3-22(29)13-21(27)14-28-30-25-4-2-16(12-26(25)31-28)11-23(32)15-24-19-7-17-6-18(9-19)10-20(24)8-17/h2-5,12-13,17-20,24H,6-11,14-15H2,1H3,(H,30,31). The molecule has 4 bridgehead atoms. The number of imidazole rings is 1.